The maximum Gasteiger partial charge on any atom is 0.251 e. The fraction of sp³-hybridized carbons (Fsp3) is 0.464. The summed E-state index contributed by atoms with van der Waals surface area (Å²) >= 11 is 3.72. The van der Waals surface area contributed by atoms with Gasteiger partial charge in [0, 0.05) is 44.0 Å². The highest BCUT2D eigenvalue weighted by atomic mass is 79.9. The third-order valence-electron chi connectivity index (χ3n) is 7.28. The van der Waals surface area contributed by atoms with Gasteiger partial charge in [-0.1, -0.05) is 18.9 Å². The molecule has 5 rings (SSSR count). The number of halogens is 1. The number of nitrogens with zero attached hydrogens (tertiary/aromatic N) is 3. The largest absolute Gasteiger partial charge is 0.484 e. The number of aromatic nitrogens is 2. The molecule has 3 aromatic rings. The Morgan fingerprint density at radius 2 is 2.13 bits per heavy atom. The number of carbonyl (C=O) groups is 1. The first-order valence-corrected chi connectivity index (χ1v) is 14.0. The molecule has 1 saturated carbocycles. The first-order valence-electron chi connectivity index (χ1n) is 13.2. The van der Waals surface area contributed by atoms with Crippen LogP contribution in [-0.2, 0) is 19.6 Å². The number of oxazole rings is 1. The van der Waals surface area contributed by atoms with Crippen molar-refractivity contribution in [3.8, 4) is 5.75 Å². The third kappa shape index (κ3) is 6.54. The summed E-state index contributed by atoms with van der Waals surface area (Å²) in [5.41, 5.74) is 3.78. The third-order valence-corrected chi connectivity index (χ3v) is 8.15. The lowest BCUT2D eigenvalue weighted by atomic mass is 9.99. The van der Waals surface area contributed by atoms with Crippen LogP contribution in [-0.4, -0.2) is 57.7 Å². The summed E-state index contributed by atoms with van der Waals surface area (Å²) in [6.45, 7) is 4.41. The number of hydrogen-bond donors (Lipinski definition) is 3. The number of nitrogens with one attached hydrogen (secondary N) is 2. The molecule has 1 unspecified atom stereocenters. The van der Waals surface area contributed by atoms with E-state index in [0.717, 1.165) is 54.1 Å². The van der Waals surface area contributed by atoms with Gasteiger partial charge < -0.3 is 24.9 Å². The van der Waals surface area contributed by atoms with Crippen LogP contribution in [0.1, 0.15) is 58.6 Å². The minimum atomic E-state index is -0.672. The zero-order valence-electron chi connectivity index (χ0n) is 21.6. The molecule has 1 fully saturated rings. The summed E-state index contributed by atoms with van der Waals surface area (Å²) in [7, 11) is 0. The highest BCUT2D eigenvalue weighted by molar-refractivity contribution is 9.10. The smallest absolute Gasteiger partial charge is 0.251 e. The van der Waals surface area contributed by atoms with Gasteiger partial charge in [0.05, 0.1) is 16.3 Å². The van der Waals surface area contributed by atoms with Crippen LogP contribution in [0.2, 0.25) is 0 Å². The molecule has 2 aliphatic rings. The zero-order chi connectivity index (χ0) is 26.5. The Hall–Kier alpha value is -2.95. The van der Waals surface area contributed by atoms with Crippen molar-refractivity contribution < 1.29 is 19.1 Å². The number of anilines is 1. The van der Waals surface area contributed by atoms with E-state index in [-0.39, 0.29) is 12.5 Å². The van der Waals surface area contributed by atoms with Crippen molar-refractivity contribution >= 4 is 27.7 Å². The molecule has 1 amide bonds. The van der Waals surface area contributed by atoms with E-state index in [1.807, 2.05) is 13.0 Å². The maximum absolute atomic E-state index is 12.7. The number of pyridine rings is 1. The number of carbonyl (C=O) groups excluding carboxylic acids is 1. The van der Waals surface area contributed by atoms with Gasteiger partial charge in [-0.2, -0.15) is 0 Å². The Morgan fingerprint density at radius 3 is 2.92 bits per heavy atom. The molecule has 0 saturated heterocycles. The molecule has 1 atom stereocenters. The van der Waals surface area contributed by atoms with Crippen LogP contribution in [0.4, 0.5) is 5.82 Å². The van der Waals surface area contributed by atoms with E-state index in [0.29, 0.717) is 30.5 Å². The number of benzene rings is 1. The predicted molar refractivity (Wildman–Crippen MR) is 147 cm³/mol. The van der Waals surface area contributed by atoms with Gasteiger partial charge in [-0.3, -0.25) is 9.69 Å². The predicted octanol–water partition coefficient (Wildman–Crippen LogP) is 4.22. The first kappa shape index (κ1) is 26.6. The average molecular weight is 585 g/mol. The molecule has 3 heterocycles. The highest BCUT2D eigenvalue weighted by Crippen LogP contribution is 2.35. The van der Waals surface area contributed by atoms with Crippen molar-refractivity contribution in [3.05, 3.63) is 69.5 Å². The van der Waals surface area contributed by atoms with E-state index < -0.39 is 6.10 Å². The number of fused-ring (bicyclic) bond motifs is 1. The van der Waals surface area contributed by atoms with Gasteiger partial charge in [-0.25, -0.2) is 9.97 Å². The molecule has 0 spiro atoms. The maximum atomic E-state index is 12.7. The molecule has 3 N–H and O–H groups in total. The summed E-state index contributed by atoms with van der Waals surface area (Å²) < 4.78 is 12.3. The van der Waals surface area contributed by atoms with Gasteiger partial charge >= 0.3 is 0 Å². The number of aliphatic hydroxyl groups is 1. The summed E-state index contributed by atoms with van der Waals surface area (Å²) in [5.74, 6) is 2.01. The Balaban J connectivity index is 1.10. The Bertz CT molecular complexity index is 1260. The lowest BCUT2D eigenvalue weighted by Crippen LogP contribution is -2.42. The number of amides is 1. The second-order valence-electron chi connectivity index (χ2n) is 10.1. The van der Waals surface area contributed by atoms with Crippen molar-refractivity contribution in [3.63, 3.8) is 0 Å². The molecule has 0 bridgehead atoms. The number of rotatable bonds is 10. The Kier molecular flexibility index (Phi) is 8.61. The second-order valence-corrected chi connectivity index (χ2v) is 10.9. The van der Waals surface area contributed by atoms with Crippen molar-refractivity contribution in [2.45, 2.75) is 64.3 Å². The molecule has 202 valence electrons. The summed E-state index contributed by atoms with van der Waals surface area (Å²) in [5, 5.41) is 16.9. The molecule has 1 aromatic carbocycles. The van der Waals surface area contributed by atoms with E-state index in [1.165, 1.54) is 30.4 Å². The number of β-amino-alcohol motifs (C(OH)–C–C–N with tert-alkyl or cyclic N) is 1. The monoisotopic (exact) mass is 583 g/mol. The van der Waals surface area contributed by atoms with Gasteiger partial charge in [0.25, 0.3) is 5.91 Å². The van der Waals surface area contributed by atoms with Crippen LogP contribution in [0.3, 0.4) is 0 Å². The minimum absolute atomic E-state index is 0.188. The fourth-order valence-corrected chi connectivity index (χ4v) is 5.83. The topological polar surface area (TPSA) is 113 Å². The zero-order valence-corrected chi connectivity index (χ0v) is 23.2. The van der Waals surface area contributed by atoms with E-state index in [1.54, 1.807) is 18.3 Å². The molecule has 38 heavy (non-hydrogen) atoms. The number of aryl methyl sites for hydroxylation is 1. The van der Waals surface area contributed by atoms with Gasteiger partial charge in [0.15, 0.2) is 12.2 Å². The van der Waals surface area contributed by atoms with E-state index in [9.17, 15) is 9.90 Å². The van der Waals surface area contributed by atoms with Crippen molar-refractivity contribution in [2.24, 2.45) is 0 Å². The lowest BCUT2D eigenvalue weighted by Gasteiger charge is -2.31. The van der Waals surface area contributed by atoms with Crippen LogP contribution in [0, 0.1) is 6.92 Å². The van der Waals surface area contributed by atoms with E-state index >= 15 is 0 Å². The number of aliphatic hydroxyl groups excluding tert-OH is 1. The fourth-order valence-electron chi connectivity index (χ4n) is 5.13. The van der Waals surface area contributed by atoms with Gasteiger partial charge in [-0.15, -0.1) is 0 Å². The number of hydrogen-bond acceptors (Lipinski definition) is 8. The molecule has 1 aliphatic carbocycles. The van der Waals surface area contributed by atoms with Crippen molar-refractivity contribution in [1.82, 2.24) is 20.2 Å². The lowest BCUT2D eigenvalue weighted by molar-refractivity contribution is 0.0841. The number of ether oxygens (including phenoxy) is 1. The second kappa shape index (κ2) is 12.3. The van der Waals surface area contributed by atoms with Crippen LogP contribution in [0.15, 0.2) is 45.7 Å². The summed E-state index contributed by atoms with van der Waals surface area (Å²) in [4.78, 5) is 23.3. The molecular formula is C28H34BrN5O4. The first-order chi connectivity index (χ1) is 18.5. The van der Waals surface area contributed by atoms with Gasteiger partial charge in [0.1, 0.15) is 18.2 Å². The summed E-state index contributed by atoms with van der Waals surface area (Å²) in [6, 6.07) is 7.94. The highest BCUT2D eigenvalue weighted by Gasteiger charge is 2.23. The average Bonchev–Trinajstić information content (AvgIpc) is 3.58. The van der Waals surface area contributed by atoms with E-state index in [2.05, 4.69) is 47.5 Å². The summed E-state index contributed by atoms with van der Waals surface area (Å²) in [6.07, 6.45) is 7.98. The van der Waals surface area contributed by atoms with Crippen LogP contribution in [0.25, 0.3) is 0 Å². The van der Waals surface area contributed by atoms with E-state index in [4.69, 9.17) is 9.15 Å². The minimum Gasteiger partial charge on any atom is -0.484 e. The molecule has 1 aliphatic heterocycles. The normalized spacial score (nSPS) is 16.7. The Morgan fingerprint density at radius 1 is 1.29 bits per heavy atom. The van der Waals surface area contributed by atoms with Crippen molar-refractivity contribution in [1.29, 1.82) is 0 Å². The van der Waals surface area contributed by atoms with Crippen LogP contribution >= 0.6 is 15.9 Å². The van der Waals surface area contributed by atoms with Gasteiger partial charge in [0.2, 0.25) is 0 Å². The Labute approximate surface area is 231 Å². The van der Waals surface area contributed by atoms with Crippen LogP contribution < -0.4 is 15.4 Å². The van der Waals surface area contributed by atoms with Crippen molar-refractivity contribution in [2.75, 3.05) is 25.0 Å². The quantitative estimate of drug-likeness (QED) is 0.325. The SMILES string of the molecule is Cc1ncoc1COc1ccc2c(c1Br)CCN(CC(O)CNC(=O)c1ccnc(NC3CCCC3)c1)C2. The standard InChI is InChI=1S/C28H34BrN5O4/c1-18-25(38-17-32-18)16-37-24-7-6-20-14-34(11-9-23(20)27(24)29)15-22(35)13-31-28(36)19-8-10-30-26(12-19)33-21-4-2-3-5-21/h6-8,10,12,17,21-22,35H,2-5,9,11,13-16H2,1H3,(H,30,33)(H,31,36). The molecule has 10 heteroatoms. The van der Waals surface area contributed by atoms with Crippen LogP contribution in [0.5, 0.6) is 5.75 Å². The molecule has 0 radical (unpaired) electrons. The molecule has 9 nitrogen and oxygen atoms in total. The molecule has 2 aromatic heterocycles. The van der Waals surface area contributed by atoms with Gasteiger partial charge in [-0.05, 0) is 71.4 Å². The molecular weight excluding hydrogens is 550 g/mol.